The molecule has 0 spiro atoms. The Hall–Kier alpha value is -2.13. The van der Waals surface area contributed by atoms with Gasteiger partial charge in [-0.25, -0.2) is 5.84 Å². The summed E-state index contributed by atoms with van der Waals surface area (Å²) in [5, 5.41) is 21.3. The van der Waals surface area contributed by atoms with E-state index in [0.29, 0.717) is 24.8 Å². The lowest BCUT2D eigenvalue weighted by molar-refractivity contribution is 0.0920. The van der Waals surface area contributed by atoms with Gasteiger partial charge in [-0.15, -0.1) is 22.6 Å². The van der Waals surface area contributed by atoms with E-state index in [-0.39, 0.29) is 24.6 Å². The van der Waals surface area contributed by atoms with Crippen molar-refractivity contribution in [2.75, 3.05) is 25.2 Å². The van der Waals surface area contributed by atoms with E-state index in [1.807, 2.05) is 45.9 Å². The van der Waals surface area contributed by atoms with E-state index in [2.05, 4.69) is 20.9 Å². The standard InChI is InChI=1S/C19H29N5O3.ClH/c1-13-6-5-7-16(14(13)2)26-11-15(25)10-21-19(3,4)12-27-18-9-8-17(22-20)23-24-18;/h5-9,15,21,25H,10-12,20H2,1-4H3,(H,22,23);1H. The van der Waals surface area contributed by atoms with Crippen molar-refractivity contribution in [2.45, 2.75) is 39.3 Å². The molecule has 0 amide bonds. The topological polar surface area (TPSA) is 115 Å². The highest BCUT2D eigenvalue weighted by Crippen LogP contribution is 2.20. The van der Waals surface area contributed by atoms with E-state index < -0.39 is 6.10 Å². The van der Waals surface area contributed by atoms with Crippen molar-refractivity contribution in [1.29, 1.82) is 0 Å². The lowest BCUT2D eigenvalue weighted by Gasteiger charge is -2.27. The van der Waals surface area contributed by atoms with Crippen LogP contribution in [-0.4, -0.2) is 46.7 Å². The number of aryl methyl sites for hydroxylation is 1. The number of hydrogen-bond donors (Lipinski definition) is 4. The molecule has 9 heteroatoms. The minimum absolute atomic E-state index is 0. The summed E-state index contributed by atoms with van der Waals surface area (Å²) in [7, 11) is 0. The van der Waals surface area contributed by atoms with Gasteiger partial charge in [0, 0.05) is 18.2 Å². The van der Waals surface area contributed by atoms with Crippen LogP contribution in [0.3, 0.4) is 0 Å². The molecule has 0 saturated heterocycles. The van der Waals surface area contributed by atoms with Crippen LogP contribution < -0.4 is 26.1 Å². The Bertz CT molecular complexity index is 728. The maximum Gasteiger partial charge on any atom is 0.233 e. The van der Waals surface area contributed by atoms with Crippen molar-refractivity contribution < 1.29 is 14.6 Å². The number of anilines is 1. The minimum atomic E-state index is -0.640. The second kappa shape index (κ2) is 11.0. The summed E-state index contributed by atoms with van der Waals surface area (Å²) in [4.78, 5) is 0. The molecular weight excluding hydrogens is 382 g/mol. The van der Waals surface area contributed by atoms with E-state index in [9.17, 15) is 5.11 Å². The normalized spacial score (nSPS) is 12.1. The van der Waals surface area contributed by atoms with Crippen LogP contribution in [0.1, 0.15) is 25.0 Å². The molecule has 0 radical (unpaired) electrons. The molecular formula is C19H30ClN5O3. The second-order valence-corrected chi connectivity index (χ2v) is 7.12. The smallest absolute Gasteiger partial charge is 0.233 e. The summed E-state index contributed by atoms with van der Waals surface area (Å²) in [6, 6.07) is 9.25. The van der Waals surface area contributed by atoms with Gasteiger partial charge in [-0.05, 0) is 51.0 Å². The van der Waals surface area contributed by atoms with Crippen LogP contribution in [0.15, 0.2) is 30.3 Å². The summed E-state index contributed by atoms with van der Waals surface area (Å²) in [6.07, 6.45) is -0.640. The van der Waals surface area contributed by atoms with Gasteiger partial charge in [-0.1, -0.05) is 12.1 Å². The number of nitrogen functional groups attached to an aromatic ring is 1. The van der Waals surface area contributed by atoms with Crippen LogP contribution in [0.25, 0.3) is 0 Å². The fourth-order valence-electron chi connectivity index (χ4n) is 2.30. The maximum absolute atomic E-state index is 10.2. The SMILES string of the molecule is Cc1cccc(OCC(O)CNC(C)(C)COc2ccc(NN)nn2)c1C.Cl. The van der Waals surface area contributed by atoms with Crippen molar-refractivity contribution in [3.63, 3.8) is 0 Å². The van der Waals surface area contributed by atoms with Crippen molar-refractivity contribution in [1.82, 2.24) is 15.5 Å². The van der Waals surface area contributed by atoms with Crippen LogP contribution in [0, 0.1) is 13.8 Å². The second-order valence-electron chi connectivity index (χ2n) is 7.12. The Balaban J connectivity index is 0.00000392. The predicted octanol–water partition coefficient (Wildman–Crippen LogP) is 1.99. The van der Waals surface area contributed by atoms with Gasteiger partial charge in [0.1, 0.15) is 25.1 Å². The molecule has 2 aromatic rings. The monoisotopic (exact) mass is 411 g/mol. The summed E-state index contributed by atoms with van der Waals surface area (Å²) < 4.78 is 11.4. The molecule has 5 N–H and O–H groups in total. The lowest BCUT2D eigenvalue weighted by atomic mass is 10.1. The average molecular weight is 412 g/mol. The molecule has 1 aromatic heterocycles. The highest BCUT2D eigenvalue weighted by Gasteiger charge is 2.20. The van der Waals surface area contributed by atoms with Gasteiger partial charge in [0.05, 0.1) is 0 Å². The molecule has 0 aliphatic rings. The minimum Gasteiger partial charge on any atom is -0.491 e. The third-order valence-corrected chi connectivity index (χ3v) is 4.17. The zero-order chi connectivity index (χ0) is 19.9. The largest absolute Gasteiger partial charge is 0.491 e. The number of nitrogens with one attached hydrogen (secondary N) is 2. The highest BCUT2D eigenvalue weighted by molar-refractivity contribution is 5.85. The number of halogens is 1. The molecule has 1 heterocycles. The lowest BCUT2D eigenvalue weighted by Crippen LogP contribution is -2.48. The number of nitrogens with zero attached hydrogens (tertiary/aromatic N) is 2. The first-order valence-electron chi connectivity index (χ1n) is 8.86. The Labute approximate surface area is 172 Å². The zero-order valence-electron chi connectivity index (χ0n) is 16.7. The quantitative estimate of drug-likeness (QED) is 0.346. The number of aromatic nitrogens is 2. The van der Waals surface area contributed by atoms with E-state index in [0.717, 1.165) is 16.9 Å². The molecule has 28 heavy (non-hydrogen) atoms. The van der Waals surface area contributed by atoms with E-state index >= 15 is 0 Å². The summed E-state index contributed by atoms with van der Waals surface area (Å²) in [5.41, 5.74) is 4.29. The molecule has 2 rings (SSSR count). The van der Waals surface area contributed by atoms with E-state index in [1.165, 1.54) is 0 Å². The Morgan fingerprint density at radius 1 is 1.14 bits per heavy atom. The van der Waals surface area contributed by atoms with Crippen LogP contribution in [0.2, 0.25) is 0 Å². The number of β-amino-alcohol motifs (C(OH)–C–C–N with tert-alkyl or cyclic N) is 1. The first-order valence-corrected chi connectivity index (χ1v) is 8.86. The molecule has 0 saturated carbocycles. The first-order chi connectivity index (χ1) is 12.8. The average Bonchev–Trinajstić information content (AvgIpc) is 2.66. The van der Waals surface area contributed by atoms with Crippen LogP contribution >= 0.6 is 12.4 Å². The molecule has 0 aliphatic heterocycles. The third kappa shape index (κ3) is 7.47. The zero-order valence-corrected chi connectivity index (χ0v) is 17.5. The molecule has 1 unspecified atom stereocenters. The number of ether oxygens (including phenoxy) is 2. The molecule has 0 fully saturated rings. The van der Waals surface area contributed by atoms with Crippen molar-refractivity contribution in [3.05, 3.63) is 41.5 Å². The number of hydrogen-bond acceptors (Lipinski definition) is 8. The van der Waals surface area contributed by atoms with Crippen molar-refractivity contribution in [3.8, 4) is 11.6 Å². The number of rotatable bonds is 10. The molecule has 0 bridgehead atoms. The van der Waals surface area contributed by atoms with Gasteiger partial charge < -0.3 is 25.3 Å². The maximum atomic E-state index is 10.2. The van der Waals surface area contributed by atoms with Gasteiger partial charge in [-0.3, -0.25) is 0 Å². The summed E-state index contributed by atoms with van der Waals surface area (Å²) in [6.45, 7) is 8.96. The van der Waals surface area contributed by atoms with Crippen LogP contribution in [0.4, 0.5) is 5.82 Å². The molecule has 1 atom stereocenters. The Morgan fingerprint density at radius 3 is 2.54 bits per heavy atom. The van der Waals surface area contributed by atoms with Gasteiger partial charge in [0.2, 0.25) is 5.88 Å². The number of hydrazine groups is 1. The molecule has 0 aliphatic carbocycles. The van der Waals surface area contributed by atoms with Gasteiger partial charge >= 0.3 is 0 Å². The molecule has 156 valence electrons. The van der Waals surface area contributed by atoms with Crippen LogP contribution in [-0.2, 0) is 0 Å². The van der Waals surface area contributed by atoms with Crippen LogP contribution in [0.5, 0.6) is 11.6 Å². The number of aliphatic hydroxyl groups excluding tert-OH is 1. The molecule has 8 nitrogen and oxygen atoms in total. The van der Waals surface area contributed by atoms with E-state index in [4.69, 9.17) is 15.3 Å². The first kappa shape index (κ1) is 23.9. The molecule has 1 aromatic carbocycles. The summed E-state index contributed by atoms with van der Waals surface area (Å²) in [5.74, 6) is 6.92. The van der Waals surface area contributed by atoms with Crippen molar-refractivity contribution in [2.24, 2.45) is 5.84 Å². The Morgan fingerprint density at radius 2 is 1.89 bits per heavy atom. The fraction of sp³-hybridized carbons (Fsp3) is 0.474. The Kier molecular flexibility index (Phi) is 9.40. The van der Waals surface area contributed by atoms with E-state index in [1.54, 1.807) is 12.1 Å². The predicted molar refractivity (Wildman–Crippen MR) is 112 cm³/mol. The number of nitrogens with two attached hydrogens (primary N) is 1. The number of aliphatic hydroxyl groups is 1. The van der Waals surface area contributed by atoms with Gasteiger partial charge in [0.25, 0.3) is 0 Å². The van der Waals surface area contributed by atoms with Gasteiger partial charge in [-0.2, -0.15) is 0 Å². The van der Waals surface area contributed by atoms with Crippen molar-refractivity contribution >= 4 is 18.2 Å². The highest BCUT2D eigenvalue weighted by atomic mass is 35.5. The fourth-order valence-corrected chi connectivity index (χ4v) is 2.30. The third-order valence-electron chi connectivity index (χ3n) is 4.17. The summed E-state index contributed by atoms with van der Waals surface area (Å²) >= 11 is 0. The van der Waals surface area contributed by atoms with Gasteiger partial charge in [0.15, 0.2) is 5.82 Å². The number of benzene rings is 1.